The standard InChI is InChI=1S/C22H21N3OS/c1-17-16-27-22-23-20(12-21(26)25(17)22)15-24(13-18-8-4-2-5-9-18)14-19-10-6-3-7-11-19/h2-12,16H,13-15H2,1H3. The first-order valence-corrected chi connectivity index (χ1v) is 9.84. The Bertz CT molecular complexity index is 1050. The molecule has 2 aromatic carbocycles. The van der Waals surface area contributed by atoms with Gasteiger partial charge in [0.05, 0.1) is 5.69 Å². The van der Waals surface area contributed by atoms with Gasteiger partial charge in [-0.05, 0) is 18.1 Å². The molecule has 0 amide bonds. The van der Waals surface area contributed by atoms with Gasteiger partial charge in [-0.25, -0.2) is 4.98 Å². The smallest absolute Gasteiger partial charge is 0.259 e. The maximum absolute atomic E-state index is 12.5. The van der Waals surface area contributed by atoms with Crippen molar-refractivity contribution in [2.45, 2.75) is 26.6 Å². The molecule has 0 saturated heterocycles. The molecule has 0 saturated carbocycles. The molecule has 136 valence electrons. The van der Waals surface area contributed by atoms with Crippen molar-refractivity contribution in [3.63, 3.8) is 0 Å². The average Bonchev–Trinajstić information content (AvgIpc) is 3.04. The lowest BCUT2D eigenvalue weighted by atomic mass is 10.1. The molecule has 0 aliphatic carbocycles. The molecule has 2 heterocycles. The molecular weight excluding hydrogens is 354 g/mol. The summed E-state index contributed by atoms with van der Waals surface area (Å²) in [5, 5.41) is 1.97. The maximum atomic E-state index is 12.5. The van der Waals surface area contributed by atoms with Crippen LogP contribution in [0.1, 0.15) is 22.5 Å². The molecule has 0 fully saturated rings. The van der Waals surface area contributed by atoms with Crippen LogP contribution in [0.4, 0.5) is 0 Å². The van der Waals surface area contributed by atoms with Crippen molar-refractivity contribution in [3.8, 4) is 0 Å². The molecule has 4 nitrogen and oxygen atoms in total. The summed E-state index contributed by atoms with van der Waals surface area (Å²) in [6.45, 7) is 4.18. The molecule has 4 rings (SSSR count). The Labute approximate surface area is 162 Å². The number of nitrogens with zero attached hydrogens (tertiary/aromatic N) is 3. The summed E-state index contributed by atoms with van der Waals surface area (Å²) in [6.07, 6.45) is 0. The van der Waals surface area contributed by atoms with E-state index >= 15 is 0 Å². The third kappa shape index (κ3) is 4.15. The molecule has 0 aliphatic heterocycles. The van der Waals surface area contributed by atoms with E-state index in [1.807, 2.05) is 24.4 Å². The number of benzene rings is 2. The number of fused-ring (bicyclic) bond motifs is 1. The van der Waals surface area contributed by atoms with E-state index in [9.17, 15) is 4.79 Å². The lowest BCUT2D eigenvalue weighted by Gasteiger charge is -2.22. The van der Waals surface area contributed by atoms with Gasteiger partial charge in [0.1, 0.15) is 0 Å². The molecule has 0 unspecified atom stereocenters. The highest BCUT2D eigenvalue weighted by Gasteiger charge is 2.12. The first kappa shape index (κ1) is 17.6. The Morgan fingerprint density at radius 1 is 0.926 bits per heavy atom. The van der Waals surface area contributed by atoms with Gasteiger partial charge < -0.3 is 0 Å². The zero-order chi connectivity index (χ0) is 18.6. The van der Waals surface area contributed by atoms with E-state index in [-0.39, 0.29) is 5.56 Å². The highest BCUT2D eigenvalue weighted by Crippen LogP contribution is 2.15. The molecular formula is C22H21N3OS. The van der Waals surface area contributed by atoms with Gasteiger partial charge >= 0.3 is 0 Å². The van der Waals surface area contributed by atoms with Crippen LogP contribution >= 0.6 is 11.3 Å². The Morgan fingerprint density at radius 2 is 1.52 bits per heavy atom. The van der Waals surface area contributed by atoms with Crippen molar-refractivity contribution in [1.29, 1.82) is 0 Å². The van der Waals surface area contributed by atoms with Crippen LogP contribution in [0, 0.1) is 6.92 Å². The minimum atomic E-state index is -0.00637. The largest absolute Gasteiger partial charge is 0.289 e. The molecule has 27 heavy (non-hydrogen) atoms. The van der Waals surface area contributed by atoms with Crippen LogP contribution < -0.4 is 5.56 Å². The lowest BCUT2D eigenvalue weighted by molar-refractivity contribution is 0.244. The number of aryl methyl sites for hydroxylation is 1. The second-order valence-corrected chi connectivity index (χ2v) is 7.53. The van der Waals surface area contributed by atoms with Crippen LogP contribution in [0.2, 0.25) is 0 Å². The zero-order valence-electron chi connectivity index (χ0n) is 15.2. The summed E-state index contributed by atoms with van der Waals surface area (Å²) in [5.41, 5.74) is 4.24. The predicted octanol–water partition coefficient (Wildman–Crippen LogP) is 4.27. The van der Waals surface area contributed by atoms with Crippen molar-refractivity contribution < 1.29 is 0 Å². The van der Waals surface area contributed by atoms with Crippen molar-refractivity contribution in [2.75, 3.05) is 0 Å². The van der Waals surface area contributed by atoms with Gasteiger partial charge in [-0.3, -0.25) is 14.1 Å². The molecule has 4 aromatic rings. The van der Waals surface area contributed by atoms with E-state index in [1.54, 1.807) is 10.5 Å². The number of hydrogen-bond acceptors (Lipinski definition) is 4. The van der Waals surface area contributed by atoms with E-state index in [1.165, 1.54) is 22.5 Å². The molecule has 0 spiro atoms. The summed E-state index contributed by atoms with van der Waals surface area (Å²) in [6, 6.07) is 22.5. The molecule has 0 aliphatic rings. The molecule has 0 atom stereocenters. The molecule has 0 radical (unpaired) electrons. The number of aromatic nitrogens is 2. The SMILES string of the molecule is Cc1csc2nc(CN(Cc3ccccc3)Cc3ccccc3)cc(=O)n12. The van der Waals surface area contributed by atoms with Crippen LogP contribution in [-0.2, 0) is 19.6 Å². The first-order valence-electron chi connectivity index (χ1n) is 8.96. The fourth-order valence-electron chi connectivity index (χ4n) is 3.26. The van der Waals surface area contributed by atoms with Gasteiger partial charge in [-0.1, -0.05) is 60.7 Å². The van der Waals surface area contributed by atoms with Gasteiger partial charge in [-0.15, -0.1) is 11.3 Å². The molecule has 5 heteroatoms. The monoisotopic (exact) mass is 375 g/mol. The van der Waals surface area contributed by atoms with Crippen LogP contribution in [0.15, 0.2) is 76.9 Å². The normalized spacial score (nSPS) is 11.3. The highest BCUT2D eigenvalue weighted by atomic mass is 32.1. The number of thiazole rings is 1. The van der Waals surface area contributed by atoms with E-state index in [2.05, 4.69) is 53.4 Å². The van der Waals surface area contributed by atoms with Crippen LogP contribution in [0.3, 0.4) is 0 Å². The topological polar surface area (TPSA) is 37.6 Å². The zero-order valence-corrected chi connectivity index (χ0v) is 16.0. The fraction of sp³-hybridized carbons (Fsp3) is 0.182. The molecule has 0 N–H and O–H groups in total. The maximum Gasteiger partial charge on any atom is 0.259 e. The van der Waals surface area contributed by atoms with E-state index < -0.39 is 0 Å². The second kappa shape index (κ2) is 7.86. The first-order chi connectivity index (χ1) is 13.2. The minimum absolute atomic E-state index is 0.00637. The summed E-state index contributed by atoms with van der Waals surface area (Å²) in [5.74, 6) is 0. The van der Waals surface area contributed by atoms with Crippen LogP contribution in [0.5, 0.6) is 0 Å². The highest BCUT2D eigenvalue weighted by molar-refractivity contribution is 7.15. The van der Waals surface area contributed by atoms with Crippen LogP contribution in [0.25, 0.3) is 4.96 Å². The quantitative estimate of drug-likeness (QED) is 0.505. The van der Waals surface area contributed by atoms with Gasteiger partial charge in [-0.2, -0.15) is 0 Å². The summed E-state index contributed by atoms with van der Waals surface area (Å²) in [7, 11) is 0. The van der Waals surface area contributed by atoms with E-state index in [0.717, 1.165) is 29.4 Å². The fourth-order valence-corrected chi connectivity index (χ4v) is 4.15. The summed E-state index contributed by atoms with van der Waals surface area (Å²) >= 11 is 1.51. The van der Waals surface area contributed by atoms with Gasteiger partial charge in [0.2, 0.25) is 0 Å². The van der Waals surface area contributed by atoms with Gasteiger partial charge in [0.15, 0.2) is 4.96 Å². The van der Waals surface area contributed by atoms with E-state index in [4.69, 9.17) is 4.98 Å². The predicted molar refractivity (Wildman–Crippen MR) is 110 cm³/mol. The lowest BCUT2D eigenvalue weighted by Crippen LogP contribution is -2.25. The van der Waals surface area contributed by atoms with Crippen LogP contribution in [-0.4, -0.2) is 14.3 Å². The summed E-state index contributed by atoms with van der Waals surface area (Å²) < 4.78 is 1.67. The third-order valence-electron chi connectivity index (χ3n) is 4.51. The van der Waals surface area contributed by atoms with Gasteiger partial charge in [0, 0.05) is 36.8 Å². The Morgan fingerprint density at radius 3 is 2.11 bits per heavy atom. The minimum Gasteiger partial charge on any atom is -0.289 e. The molecule has 2 aromatic heterocycles. The van der Waals surface area contributed by atoms with Crippen molar-refractivity contribution in [2.24, 2.45) is 0 Å². The van der Waals surface area contributed by atoms with Gasteiger partial charge in [0.25, 0.3) is 5.56 Å². The average molecular weight is 375 g/mol. The third-order valence-corrected chi connectivity index (χ3v) is 5.46. The van der Waals surface area contributed by atoms with Crippen molar-refractivity contribution >= 4 is 16.3 Å². The number of rotatable bonds is 6. The Hall–Kier alpha value is -2.76. The van der Waals surface area contributed by atoms with Crippen molar-refractivity contribution in [1.82, 2.24) is 14.3 Å². The summed E-state index contributed by atoms with van der Waals surface area (Å²) in [4.78, 5) is 20.3. The molecule has 0 bridgehead atoms. The Kier molecular flexibility index (Phi) is 5.14. The van der Waals surface area contributed by atoms with E-state index in [0.29, 0.717) is 6.54 Å². The Balaban J connectivity index is 1.63. The van der Waals surface area contributed by atoms with Crippen molar-refractivity contribution in [3.05, 3.63) is 105 Å². The second-order valence-electron chi connectivity index (χ2n) is 6.70. The number of hydrogen-bond donors (Lipinski definition) is 0.